The Balaban J connectivity index is 1.80. The topological polar surface area (TPSA) is 69.7 Å². The Hall–Kier alpha value is -3.48. The molecule has 2 aliphatic rings. The molecule has 1 N–H and O–H groups in total. The van der Waals surface area contributed by atoms with Gasteiger partial charge in [-0.25, -0.2) is 9.29 Å². The number of hydrogen-bond acceptors (Lipinski definition) is 4. The zero-order chi connectivity index (χ0) is 23.0. The second kappa shape index (κ2) is 8.57. The third-order valence-electron chi connectivity index (χ3n) is 5.80. The van der Waals surface area contributed by atoms with Crippen LogP contribution in [0.2, 0.25) is 0 Å². The number of nitrogens with one attached hydrogen (secondary N) is 1. The molecule has 2 aliphatic heterocycles. The standard InChI is InChI=1S/C25H26FN3O3/c1-15-11-16(2)14-28(13-15)23-22(18-7-9-20(10-8-18)27-17(3)30)24(31)29(25(23)32)21-6-4-5-19(26)12-21/h4-10,12,15-16H,11,13-14H2,1-3H3,(H,27,30). The largest absolute Gasteiger partial charge is 0.366 e. The molecule has 0 saturated carbocycles. The maximum Gasteiger partial charge on any atom is 0.282 e. The van der Waals surface area contributed by atoms with Gasteiger partial charge in [-0.15, -0.1) is 0 Å². The highest BCUT2D eigenvalue weighted by molar-refractivity contribution is 6.45. The number of hydrogen-bond donors (Lipinski definition) is 1. The summed E-state index contributed by atoms with van der Waals surface area (Å²) in [7, 11) is 0. The molecule has 4 rings (SSSR count). The van der Waals surface area contributed by atoms with E-state index in [9.17, 15) is 18.8 Å². The summed E-state index contributed by atoms with van der Waals surface area (Å²) in [6, 6.07) is 12.3. The van der Waals surface area contributed by atoms with E-state index >= 15 is 0 Å². The molecule has 3 amide bonds. The van der Waals surface area contributed by atoms with E-state index in [1.165, 1.54) is 25.1 Å². The van der Waals surface area contributed by atoms with Crippen molar-refractivity contribution in [3.05, 3.63) is 65.6 Å². The van der Waals surface area contributed by atoms with Crippen LogP contribution in [0.3, 0.4) is 0 Å². The van der Waals surface area contributed by atoms with Crippen LogP contribution < -0.4 is 10.2 Å². The lowest BCUT2D eigenvalue weighted by Gasteiger charge is -2.37. The molecule has 0 aliphatic carbocycles. The number of carbonyl (C=O) groups excluding carboxylic acids is 3. The molecule has 0 aromatic heterocycles. The maximum atomic E-state index is 13.9. The maximum absolute atomic E-state index is 13.9. The fourth-order valence-corrected chi connectivity index (χ4v) is 4.69. The summed E-state index contributed by atoms with van der Waals surface area (Å²) in [5, 5.41) is 2.70. The number of likely N-dealkylation sites (tertiary alicyclic amines) is 1. The summed E-state index contributed by atoms with van der Waals surface area (Å²) in [6.45, 7) is 7.03. The number of imide groups is 1. The normalized spacial score (nSPS) is 21.4. The molecule has 0 bridgehead atoms. The van der Waals surface area contributed by atoms with Crippen LogP contribution >= 0.6 is 0 Å². The van der Waals surface area contributed by atoms with Gasteiger partial charge in [-0.05, 0) is 54.2 Å². The number of nitrogens with zero attached hydrogens (tertiary/aromatic N) is 2. The smallest absolute Gasteiger partial charge is 0.282 e. The first-order valence-electron chi connectivity index (χ1n) is 10.8. The summed E-state index contributed by atoms with van der Waals surface area (Å²) in [6.07, 6.45) is 1.06. The Bertz CT molecular complexity index is 1100. The van der Waals surface area contributed by atoms with Gasteiger partial charge in [0.25, 0.3) is 11.8 Å². The third-order valence-corrected chi connectivity index (χ3v) is 5.80. The minimum absolute atomic E-state index is 0.196. The molecule has 166 valence electrons. The van der Waals surface area contributed by atoms with Gasteiger partial charge in [-0.2, -0.15) is 0 Å². The van der Waals surface area contributed by atoms with E-state index in [2.05, 4.69) is 19.2 Å². The van der Waals surface area contributed by atoms with Gasteiger partial charge in [-0.3, -0.25) is 14.4 Å². The lowest BCUT2D eigenvalue weighted by atomic mass is 9.91. The van der Waals surface area contributed by atoms with E-state index in [0.29, 0.717) is 47.4 Å². The monoisotopic (exact) mass is 435 g/mol. The molecule has 2 aromatic rings. The summed E-state index contributed by atoms with van der Waals surface area (Å²) in [5.74, 6) is -0.880. The van der Waals surface area contributed by atoms with Gasteiger partial charge in [0, 0.05) is 25.7 Å². The predicted octanol–water partition coefficient (Wildman–Crippen LogP) is 4.05. The number of amides is 3. The molecule has 1 fully saturated rings. The summed E-state index contributed by atoms with van der Waals surface area (Å²) in [4.78, 5) is 41.5. The first-order valence-corrected chi connectivity index (χ1v) is 10.8. The van der Waals surface area contributed by atoms with E-state index in [4.69, 9.17) is 0 Å². The molecule has 2 heterocycles. The average Bonchev–Trinajstić information content (AvgIpc) is 2.97. The van der Waals surface area contributed by atoms with Crippen molar-refractivity contribution in [2.24, 2.45) is 11.8 Å². The minimum Gasteiger partial charge on any atom is -0.366 e. The molecular formula is C25H26FN3O3. The lowest BCUT2D eigenvalue weighted by molar-refractivity contribution is -0.121. The second-order valence-corrected chi connectivity index (χ2v) is 8.76. The van der Waals surface area contributed by atoms with Crippen molar-refractivity contribution < 1.29 is 18.8 Å². The summed E-state index contributed by atoms with van der Waals surface area (Å²) < 4.78 is 13.9. The van der Waals surface area contributed by atoms with Crippen LogP contribution in [0.5, 0.6) is 0 Å². The van der Waals surface area contributed by atoms with E-state index in [1.54, 1.807) is 30.3 Å². The Labute approximate surface area is 186 Å². The lowest BCUT2D eigenvalue weighted by Crippen LogP contribution is -2.42. The van der Waals surface area contributed by atoms with Crippen LogP contribution in [-0.2, 0) is 14.4 Å². The molecule has 2 aromatic carbocycles. The van der Waals surface area contributed by atoms with Crippen LogP contribution in [0.4, 0.5) is 15.8 Å². The zero-order valence-electron chi connectivity index (χ0n) is 18.4. The molecular weight excluding hydrogens is 409 g/mol. The summed E-state index contributed by atoms with van der Waals surface area (Å²) >= 11 is 0. The van der Waals surface area contributed by atoms with Gasteiger partial charge in [0.2, 0.25) is 5.91 Å². The summed E-state index contributed by atoms with van der Waals surface area (Å²) in [5.41, 5.74) is 2.04. The molecule has 0 radical (unpaired) electrons. The first kappa shape index (κ1) is 21.7. The van der Waals surface area contributed by atoms with Crippen LogP contribution in [0, 0.1) is 17.7 Å². The van der Waals surface area contributed by atoms with Crippen molar-refractivity contribution in [2.75, 3.05) is 23.3 Å². The van der Waals surface area contributed by atoms with Crippen LogP contribution in [0.25, 0.3) is 5.57 Å². The Morgan fingerprint density at radius 3 is 2.25 bits per heavy atom. The Morgan fingerprint density at radius 1 is 1.00 bits per heavy atom. The molecule has 1 saturated heterocycles. The van der Waals surface area contributed by atoms with Crippen LogP contribution in [-0.4, -0.2) is 35.7 Å². The van der Waals surface area contributed by atoms with E-state index in [-0.39, 0.29) is 11.6 Å². The molecule has 0 spiro atoms. The Kier molecular flexibility index (Phi) is 5.82. The molecule has 7 heteroatoms. The van der Waals surface area contributed by atoms with E-state index < -0.39 is 17.6 Å². The van der Waals surface area contributed by atoms with Gasteiger partial charge in [0.05, 0.1) is 11.3 Å². The number of piperidine rings is 1. The number of benzene rings is 2. The van der Waals surface area contributed by atoms with Crippen molar-refractivity contribution in [1.29, 1.82) is 0 Å². The number of anilines is 2. The molecule has 6 nitrogen and oxygen atoms in total. The van der Waals surface area contributed by atoms with Gasteiger partial charge in [0.15, 0.2) is 0 Å². The van der Waals surface area contributed by atoms with E-state index in [1.807, 2.05) is 4.90 Å². The van der Waals surface area contributed by atoms with Crippen molar-refractivity contribution in [3.63, 3.8) is 0 Å². The first-order chi connectivity index (χ1) is 15.2. The van der Waals surface area contributed by atoms with Crippen molar-refractivity contribution in [1.82, 2.24) is 4.90 Å². The van der Waals surface area contributed by atoms with E-state index in [0.717, 1.165) is 11.3 Å². The minimum atomic E-state index is -0.516. The average molecular weight is 435 g/mol. The molecule has 2 atom stereocenters. The highest BCUT2D eigenvalue weighted by Crippen LogP contribution is 2.37. The Morgan fingerprint density at radius 2 is 1.66 bits per heavy atom. The zero-order valence-corrected chi connectivity index (χ0v) is 18.4. The highest BCUT2D eigenvalue weighted by atomic mass is 19.1. The fraction of sp³-hybridized carbons (Fsp3) is 0.320. The molecule has 32 heavy (non-hydrogen) atoms. The van der Waals surface area contributed by atoms with Gasteiger partial charge in [-0.1, -0.05) is 32.0 Å². The number of rotatable bonds is 4. The quantitative estimate of drug-likeness (QED) is 0.736. The second-order valence-electron chi connectivity index (χ2n) is 8.76. The van der Waals surface area contributed by atoms with Crippen LogP contribution in [0.1, 0.15) is 32.8 Å². The third kappa shape index (κ3) is 4.15. The highest BCUT2D eigenvalue weighted by Gasteiger charge is 2.43. The predicted molar refractivity (Wildman–Crippen MR) is 121 cm³/mol. The van der Waals surface area contributed by atoms with Crippen LogP contribution in [0.15, 0.2) is 54.2 Å². The van der Waals surface area contributed by atoms with Crippen molar-refractivity contribution in [2.45, 2.75) is 27.2 Å². The van der Waals surface area contributed by atoms with Gasteiger partial charge >= 0.3 is 0 Å². The SMILES string of the molecule is CC(=O)Nc1ccc(C2=C(N3CC(C)CC(C)C3)C(=O)N(c3cccc(F)c3)C2=O)cc1. The number of halogens is 1. The van der Waals surface area contributed by atoms with Gasteiger partial charge < -0.3 is 10.2 Å². The van der Waals surface area contributed by atoms with Crippen molar-refractivity contribution in [3.8, 4) is 0 Å². The fourth-order valence-electron chi connectivity index (χ4n) is 4.69. The molecule has 2 unspecified atom stereocenters. The van der Waals surface area contributed by atoms with Crippen molar-refractivity contribution >= 4 is 34.7 Å². The number of carbonyl (C=O) groups is 3. The van der Waals surface area contributed by atoms with Gasteiger partial charge in [0.1, 0.15) is 11.5 Å².